The van der Waals surface area contributed by atoms with Crippen LogP contribution < -0.4 is 4.18 Å². The van der Waals surface area contributed by atoms with E-state index in [2.05, 4.69) is 9.17 Å². The van der Waals surface area contributed by atoms with Crippen molar-refractivity contribution in [3.05, 3.63) is 34.1 Å². The highest BCUT2D eigenvalue weighted by molar-refractivity contribution is 7.87. The van der Waals surface area contributed by atoms with Gasteiger partial charge in [0.15, 0.2) is 5.82 Å². The van der Waals surface area contributed by atoms with E-state index in [1.807, 2.05) is 0 Å². The third kappa shape index (κ3) is 4.18. The number of rotatable bonds is 2. The van der Waals surface area contributed by atoms with Crippen LogP contribution in [0.4, 0.5) is 22.4 Å². The number of ether oxygens (including phenoxy) is 1. The number of fused-ring (bicyclic) bond motifs is 6. The van der Waals surface area contributed by atoms with Crippen LogP contribution in [-0.2, 0) is 21.3 Å². The molecule has 2 atom stereocenters. The van der Waals surface area contributed by atoms with Gasteiger partial charge in [0.2, 0.25) is 5.88 Å². The summed E-state index contributed by atoms with van der Waals surface area (Å²) in [6.07, 6.45) is 0.174. The maximum Gasteiger partial charge on any atom is 0.534 e. The van der Waals surface area contributed by atoms with E-state index in [-0.39, 0.29) is 28.0 Å². The molecule has 2 bridgehead atoms. The molecule has 0 aliphatic carbocycles. The summed E-state index contributed by atoms with van der Waals surface area (Å²) in [6.45, 7) is 5.06. The summed E-state index contributed by atoms with van der Waals surface area (Å²) in [4.78, 5) is 18.1. The van der Waals surface area contributed by atoms with Gasteiger partial charge in [-0.05, 0) is 57.7 Å². The first-order valence-corrected chi connectivity index (χ1v) is 11.7. The van der Waals surface area contributed by atoms with E-state index < -0.39 is 56.6 Å². The number of nitrogens with zero attached hydrogens (tertiary/aromatic N) is 2. The highest BCUT2D eigenvalue weighted by Crippen LogP contribution is 2.50. The number of pyridine rings is 1. The zero-order valence-corrected chi connectivity index (χ0v) is 19.2. The van der Waals surface area contributed by atoms with Gasteiger partial charge in [-0.1, -0.05) is 11.6 Å². The van der Waals surface area contributed by atoms with Gasteiger partial charge >= 0.3 is 21.7 Å². The lowest BCUT2D eigenvalue weighted by molar-refractivity contribution is -0.0501. The number of alkyl halides is 3. The largest absolute Gasteiger partial charge is 0.534 e. The van der Waals surface area contributed by atoms with Crippen LogP contribution in [0, 0.1) is 5.82 Å². The lowest BCUT2D eigenvalue weighted by Gasteiger charge is -2.38. The third-order valence-corrected chi connectivity index (χ3v) is 6.63. The van der Waals surface area contributed by atoms with Crippen molar-refractivity contribution in [3.63, 3.8) is 0 Å². The van der Waals surface area contributed by atoms with Gasteiger partial charge < -0.3 is 8.92 Å². The molecular weight excluding hydrogens is 492 g/mol. The van der Waals surface area contributed by atoms with Crippen molar-refractivity contribution in [1.29, 1.82) is 0 Å². The molecule has 1 amide bonds. The molecule has 0 radical (unpaired) electrons. The standard InChI is InChI=1S/C20H19ClF4N2O5S/c1-19(2,3)31-18(28)27-10-4-5-14(27)15-11-6-9(21)7-13(22)16(11)26-17(12(15)8-10)32-33(29,30)20(23,24)25/h6-7,10,14H,4-5,8H2,1-3H3. The molecular formula is C20H19ClF4N2O5S. The third-order valence-electron chi connectivity index (χ3n) is 5.47. The predicted octanol–water partition coefficient (Wildman–Crippen LogP) is 5.25. The molecule has 33 heavy (non-hydrogen) atoms. The molecule has 7 nitrogen and oxygen atoms in total. The minimum absolute atomic E-state index is 0.00419. The summed E-state index contributed by atoms with van der Waals surface area (Å²) < 4.78 is 86.9. The van der Waals surface area contributed by atoms with Crippen LogP contribution in [0.5, 0.6) is 5.88 Å². The zero-order chi connectivity index (χ0) is 24.5. The Labute approximate surface area is 191 Å². The minimum Gasteiger partial charge on any atom is -0.444 e. The first-order chi connectivity index (χ1) is 15.1. The van der Waals surface area contributed by atoms with E-state index in [9.17, 15) is 30.8 Å². The number of halogens is 5. The van der Waals surface area contributed by atoms with Gasteiger partial charge in [-0.2, -0.15) is 21.6 Å². The zero-order valence-electron chi connectivity index (χ0n) is 17.7. The van der Waals surface area contributed by atoms with Crippen molar-refractivity contribution in [1.82, 2.24) is 9.88 Å². The molecule has 13 heteroatoms. The van der Waals surface area contributed by atoms with E-state index in [1.54, 1.807) is 20.8 Å². The second-order valence-electron chi connectivity index (χ2n) is 8.91. The normalized spacial score (nSPS) is 20.7. The Hall–Kier alpha value is -2.34. The van der Waals surface area contributed by atoms with Gasteiger partial charge in [0.05, 0.1) is 6.04 Å². The van der Waals surface area contributed by atoms with Crippen LogP contribution >= 0.6 is 11.6 Å². The van der Waals surface area contributed by atoms with Crippen LogP contribution in [0.25, 0.3) is 10.9 Å². The van der Waals surface area contributed by atoms with Gasteiger partial charge in [0.25, 0.3) is 0 Å². The Morgan fingerprint density at radius 3 is 2.48 bits per heavy atom. The number of hydrogen-bond acceptors (Lipinski definition) is 6. The average Bonchev–Trinajstić information content (AvgIpc) is 2.94. The van der Waals surface area contributed by atoms with Crippen LogP contribution in [0.3, 0.4) is 0 Å². The molecule has 2 aromatic rings. The fourth-order valence-electron chi connectivity index (χ4n) is 4.32. The Bertz CT molecular complexity index is 1260. The topological polar surface area (TPSA) is 85.8 Å². The molecule has 2 aliphatic heterocycles. The van der Waals surface area contributed by atoms with Crippen molar-refractivity contribution in [2.45, 2.75) is 63.2 Å². The molecule has 2 aliphatic rings. The van der Waals surface area contributed by atoms with Crippen molar-refractivity contribution in [2.75, 3.05) is 0 Å². The Morgan fingerprint density at radius 1 is 1.21 bits per heavy atom. The van der Waals surface area contributed by atoms with Crippen LogP contribution in [0.15, 0.2) is 12.1 Å². The molecule has 1 aromatic carbocycles. The maximum absolute atomic E-state index is 14.7. The Morgan fingerprint density at radius 2 is 1.88 bits per heavy atom. The SMILES string of the molecule is CC(C)(C)OC(=O)N1C2CCC1c1c(c(OS(=O)(=O)C(F)(F)F)nc3c(F)cc(Cl)cc13)C2. The first-order valence-electron chi connectivity index (χ1n) is 9.92. The number of aromatic nitrogens is 1. The molecule has 2 unspecified atom stereocenters. The van der Waals surface area contributed by atoms with Gasteiger partial charge in [-0.3, -0.25) is 4.90 Å². The van der Waals surface area contributed by atoms with Crippen molar-refractivity contribution in [2.24, 2.45) is 0 Å². The van der Waals surface area contributed by atoms with Crippen molar-refractivity contribution < 1.29 is 39.7 Å². The van der Waals surface area contributed by atoms with Crippen LogP contribution in [0.2, 0.25) is 5.02 Å². The number of carbonyl (C=O) groups is 1. The number of benzene rings is 1. The summed E-state index contributed by atoms with van der Waals surface area (Å²) in [6, 6.07) is 1.07. The lowest BCUT2D eigenvalue weighted by Crippen LogP contribution is -2.45. The molecule has 180 valence electrons. The molecule has 0 saturated carbocycles. The Kier molecular flexibility index (Phi) is 5.47. The molecule has 0 spiro atoms. The molecule has 3 heterocycles. The number of amides is 1. The highest BCUT2D eigenvalue weighted by Gasteiger charge is 2.51. The number of hydrogen-bond donors (Lipinski definition) is 0. The second kappa shape index (κ2) is 7.59. The van der Waals surface area contributed by atoms with E-state index in [1.165, 1.54) is 11.0 Å². The van der Waals surface area contributed by atoms with E-state index in [4.69, 9.17) is 16.3 Å². The van der Waals surface area contributed by atoms with Gasteiger partial charge in [-0.15, -0.1) is 0 Å². The number of carbonyl (C=O) groups excluding carboxylic acids is 1. The van der Waals surface area contributed by atoms with E-state index >= 15 is 0 Å². The van der Waals surface area contributed by atoms with Gasteiger partial charge in [0, 0.05) is 22.0 Å². The quantitative estimate of drug-likeness (QED) is 0.311. The minimum atomic E-state index is -6.06. The molecule has 1 aromatic heterocycles. The van der Waals surface area contributed by atoms with E-state index in [0.29, 0.717) is 12.8 Å². The average molecular weight is 511 g/mol. The highest BCUT2D eigenvalue weighted by atomic mass is 35.5. The van der Waals surface area contributed by atoms with Crippen molar-refractivity contribution in [3.8, 4) is 5.88 Å². The lowest BCUT2D eigenvalue weighted by atomic mass is 9.91. The predicted molar refractivity (Wildman–Crippen MR) is 110 cm³/mol. The Balaban J connectivity index is 1.93. The summed E-state index contributed by atoms with van der Waals surface area (Å²) in [5.74, 6) is -1.84. The second-order valence-corrected chi connectivity index (χ2v) is 10.9. The summed E-state index contributed by atoms with van der Waals surface area (Å²) in [7, 11) is -6.06. The van der Waals surface area contributed by atoms with Crippen molar-refractivity contribution >= 4 is 38.7 Å². The van der Waals surface area contributed by atoms with Crippen LogP contribution in [0.1, 0.15) is 50.8 Å². The molecule has 4 rings (SSSR count). The molecule has 1 fully saturated rings. The monoisotopic (exact) mass is 510 g/mol. The maximum atomic E-state index is 14.7. The fourth-order valence-corrected chi connectivity index (χ4v) is 4.97. The first kappa shape index (κ1) is 23.8. The molecule has 1 saturated heterocycles. The summed E-state index contributed by atoms with van der Waals surface area (Å²) >= 11 is 6.01. The van der Waals surface area contributed by atoms with Gasteiger partial charge in [0.1, 0.15) is 11.1 Å². The smallest absolute Gasteiger partial charge is 0.444 e. The van der Waals surface area contributed by atoms with E-state index in [0.717, 1.165) is 6.07 Å². The van der Waals surface area contributed by atoms with Gasteiger partial charge in [-0.25, -0.2) is 14.2 Å². The van der Waals surface area contributed by atoms with Crippen LogP contribution in [-0.4, -0.2) is 41.5 Å². The molecule has 0 N–H and O–H groups in total. The fraction of sp³-hybridized carbons (Fsp3) is 0.500. The summed E-state index contributed by atoms with van der Waals surface area (Å²) in [5.41, 5.74) is -6.62. The summed E-state index contributed by atoms with van der Waals surface area (Å²) in [5, 5.41) is 0.162.